The minimum absolute atomic E-state index is 0. The summed E-state index contributed by atoms with van der Waals surface area (Å²) in [5.41, 5.74) is 8.09. The van der Waals surface area contributed by atoms with Gasteiger partial charge >= 0.3 is 0 Å². The standard InChI is InChI=1S/C20H25N3O3.ClH/c1-13-4-3-7-23(11-13)20(25)15-5-6-18(14(2)8-15)22-19(24)16-9-17(10-21)26-12-16;/h5-6,8-9,12-13H,3-4,7,10-11,21H2,1-2H3,(H,22,24);1H. The van der Waals surface area contributed by atoms with E-state index in [-0.39, 0.29) is 30.8 Å². The van der Waals surface area contributed by atoms with Crippen LogP contribution in [-0.4, -0.2) is 29.8 Å². The Hall–Kier alpha value is -2.31. The summed E-state index contributed by atoms with van der Waals surface area (Å²) in [5.74, 6) is 0.893. The number of furan rings is 1. The van der Waals surface area contributed by atoms with E-state index in [2.05, 4.69) is 12.2 Å². The summed E-state index contributed by atoms with van der Waals surface area (Å²) >= 11 is 0. The normalized spacial score (nSPS) is 16.6. The third kappa shape index (κ3) is 4.90. The second kappa shape index (κ2) is 9.06. The molecule has 1 aromatic heterocycles. The lowest BCUT2D eigenvalue weighted by atomic mass is 9.99. The summed E-state index contributed by atoms with van der Waals surface area (Å²) in [6, 6.07) is 7.00. The molecule has 3 rings (SSSR count). The van der Waals surface area contributed by atoms with Gasteiger partial charge in [0.2, 0.25) is 0 Å². The number of rotatable bonds is 4. The number of hydrogen-bond donors (Lipinski definition) is 2. The monoisotopic (exact) mass is 391 g/mol. The van der Waals surface area contributed by atoms with E-state index in [0.29, 0.717) is 28.5 Å². The molecule has 2 amide bonds. The Morgan fingerprint density at radius 3 is 2.70 bits per heavy atom. The molecule has 7 heteroatoms. The van der Waals surface area contributed by atoms with Gasteiger partial charge in [-0.15, -0.1) is 12.4 Å². The third-order valence-electron chi connectivity index (χ3n) is 4.78. The molecule has 1 saturated heterocycles. The zero-order chi connectivity index (χ0) is 18.7. The Kier molecular flexibility index (Phi) is 7.05. The van der Waals surface area contributed by atoms with Crippen molar-refractivity contribution in [1.82, 2.24) is 4.90 Å². The van der Waals surface area contributed by atoms with E-state index in [4.69, 9.17) is 10.2 Å². The van der Waals surface area contributed by atoms with E-state index in [1.807, 2.05) is 17.9 Å². The highest BCUT2D eigenvalue weighted by atomic mass is 35.5. The van der Waals surface area contributed by atoms with Crippen molar-refractivity contribution in [2.75, 3.05) is 18.4 Å². The fourth-order valence-corrected chi connectivity index (χ4v) is 3.29. The first-order valence-corrected chi connectivity index (χ1v) is 8.96. The number of hydrogen-bond acceptors (Lipinski definition) is 4. The van der Waals surface area contributed by atoms with Gasteiger partial charge in [0.15, 0.2) is 0 Å². The number of halogens is 1. The SMILES string of the molecule is Cc1cc(C(=O)N2CCCC(C)C2)ccc1NC(=O)c1coc(CN)c1.Cl. The molecule has 0 radical (unpaired) electrons. The van der Waals surface area contributed by atoms with Gasteiger partial charge in [-0.25, -0.2) is 0 Å². The van der Waals surface area contributed by atoms with Crippen LogP contribution >= 0.6 is 12.4 Å². The number of nitrogens with one attached hydrogen (secondary N) is 1. The fourth-order valence-electron chi connectivity index (χ4n) is 3.29. The van der Waals surface area contributed by atoms with Crippen LogP contribution in [0.2, 0.25) is 0 Å². The number of nitrogens with zero attached hydrogens (tertiary/aromatic N) is 1. The Balaban J connectivity index is 0.00000261. The quantitative estimate of drug-likeness (QED) is 0.833. The Bertz CT molecular complexity index is 819. The fraction of sp³-hybridized carbons (Fsp3) is 0.400. The van der Waals surface area contributed by atoms with Crippen LogP contribution in [0.1, 0.15) is 51.8 Å². The van der Waals surface area contributed by atoms with Gasteiger partial charge in [-0.2, -0.15) is 0 Å². The van der Waals surface area contributed by atoms with Crippen LogP contribution in [0.5, 0.6) is 0 Å². The maximum Gasteiger partial charge on any atom is 0.258 e. The van der Waals surface area contributed by atoms with Crippen LogP contribution in [-0.2, 0) is 6.54 Å². The van der Waals surface area contributed by atoms with Gasteiger partial charge in [0.1, 0.15) is 12.0 Å². The van der Waals surface area contributed by atoms with Crippen molar-refractivity contribution < 1.29 is 14.0 Å². The molecule has 1 unspecified atom stereocenters. The second-order valence-electron chi connectivity index (χ2n) is 6.99. The first-order valence-electron chi connectivity index (χ1n) is 8.96. The average Bonchev–Trinajstić information content (AvgIpc) is 3.12. The number of carbonyl (C=O) groups is 2. The van der Waals surface area contributed by atoms with Crippen molar-refractivity contribution in [1.29, 1.82) is 0 Å². The maximum absolute atomic E-state index is 12.7. The molecule has 0 aliphatic carbocycles. The maximum atomic E-state index is 12.7. The summed E-state index contributed by atoms with van der Waals surface area (Å²) in [7, 11) is 0. The lowest BCUT2D eigenvalue weighted by molar-refractivity contribution is 0.0683. The van der Waals surface area contributed by atoms with Gasteiger partial charge in [-0.05, 0) is 55.5 Å². The van der Waals surface area contributed by atoms with Gasteiger partial charge in [0.25, 0.3) is 11.8 Å². The molecule has 2 heterocycles. The first kappa shape index (κ1) is 21.0. The van der Waals surface area contributed by atoms with Crippen LogP contribution < -0.4 is 11.1 Å². The van der Waals surface area contributed by atoms with E-state index < -0.39 is 0 Å². The van der Waals surface area contributed by atoms with E-state index in [9.17, 15) is 9.59 Å². The number of benzene rings is 1. The molecule has 2 aromatic rings. The molecule has 27 heavy (non-hydrogen) atoms. The molecule has 0 bridgehead atoms. The molecule has 1 atom stereocenters. The Morgan fingerprint density at radius 2 is 2.07 bits per heavy atom. The van der Waals surface area contributed by atoms with Crippen LogP contribution in [0.25, 0.3) is 0 Å². The number of amides is 2. The minimum atomic E-state index is -0.263. The summed E-state index contributed by atoms with van der Waals surface area (Å²) in [4.78, 5) is 26.9. The van der Waals surface area contributed by atoms with E-state index in [1.165, 1.54) is 12.7 Å². The lowest BCUT2D eigenvalue weighted by Crippen LogP contribution is -2.39. The van der Waals surface area contributed by atoms with Gasteiger partial charge in [0.05, 0.1) is 12.1 Å². The lowest BCUT2D eigenvalue weighted by Gasteiger charge is -2.31. The van der Waals surface area contributed by atoms with Crippen molar-refractivity contribution in [2.24, 2.45) is 11.7 Å². The molecule has 3 N–H and O–H groups in total. The van der Waals surface area contributed by atoms with E-state index in [1.54, 1.807) is 18.2 Å². The van der Waals surface area contributed by atoms with Crippen molar-refractivity contribution in [3.63, 3.8) is 0 Å². The number of carbonyl (C=O) groups excluding carboxylic acids is 2. The molecular formula is C20H26ClN3O3. The number of likely N-dealkylation sites (tertiary alicyclic amines) is 1. The van der Waals surface area contributed by atoms with E-state index >= 15 is 0 Å². The van der Waals surface area contributed by atoms with Gasteiger partial charge in [-0.3, -0.25) is 9.59 Å². The zero-order valence-corrected chi connectivity index (χ0v) is 16.5. The van der Waals surface area contributed by atoms with Crippen LogP contribution in [0.3, 0.4) is 0 Å². The van der Waals surface area contributed by atoms with Crippen LogP contribution in [0, 0.1) is 12.8 Å². The molecule has 0 spiro atoms. The third-order valence-corrected chi connectivity index (χ3v) is 4.78. The van der Waals surface area contributed by atoms with E-state index in [0.717, 1.165) is 25.1 Å². The number of anilines is 1. The summed E-state index contributed by atoms with van der Waals surface area (Å²) in [6.07, 6.45) is 3.62. The molecule has 0 saturated carbocycles. The molecule has 1 fully saturated rings. The van der Waals surface area contributed by atoms with Crippen LogP contribution in [0.4, 0.5) is 5.69 Å². The topological polar surface area (TPSA) is 88.6 Å². The minimum Gasteiger partial charge on any atom is -0.467 e. The van der Waals surface area contributed by atoms with Crippen LogP contribution in [0.15, 0.2) is 34.9 Å². The van der Waals surface area contributed by atoms with Crippen molar-refractivity contribution in [2.45, 2.75) is 33.2 Å². The van der Waals surface area contributed by atoms with Gasteiger partial charge < -0.3 is 20.4 Å². The number of aryl methyl sites for hydroxylation is 1. The van der Waals surface area contributed by atoms with Crippen molar-refractivity contribution in [3.05, 3.63) is 53.0 Å². The Labute approximate surface area is 165 Å². The van der Waals surface area contributed by atoms with Gasteiger partial charge in [-0.1, -0.05) is 6.92 Å². The summed E-state index contributed by atoms with van der Waals surface area (Å²) < 4.78 is 5.19. The largest absolute Gasteiger partial charge is 0.467 e. The molecule has 1 aliphatic rings. The van der Waals surface area contributed by atoms with Crippen molar-refractivity contribution >= 4 is 29.9 Å². The highest BCUT2D eigenvalue weighted by molar-refractivity contribution is 6.05. The molecule has 146 valence electrons. The Morgan fingerprint density at radius 1 is 1.30 bits per heavy atom. The highest BCUT2D eigenvalue weighted by Gasteiger charge is 2.22. The predicted molar refractivity (Wildman–Crippen MR) is 107 cm³/mol. The van der Waals surface area contributed by atoms with Gasteiger partial charge in [0, 0.05) is 24.3 Å². The number of piperidine rings is 1. The second-order valence-corrected chi connectivity index (χ2v) is 6.99. The predicted octanol–water partition coefficient (Wildman–Crippen LogP) is 3.59. The summed E-state index contributed by atoms with van der Waals surface area (Å²) in [6.45, 7) is 5.92. The van der Waals surface area contributed by atoms with Crippen molar-refractivity contribution in [3.8, 4) is 0 Å². The molecule has 1 aliphatic heterocycles. The average molecular weight is 392 g/mol. The summed E-state index contributed by atoms with van der Waals surface area (Å²) in [5, 5.41) is 2.85. The molecular weight excluding hydrogens is 366 g/mol. The first-order chi connectivity index (χ1) is 12.5. The molecule has 1 aromatic carbocycles. The number of nitrogens with two attached hydrogens (primary N) is 1. The molecule has 6 nitrogen and oxygen atoms in total. The zero-order valence-electron chi connectivity index (χ0n) is 15.7. The smallest absolute Gasteiger partial charge is 0.258 e. The highest BCUT2D eigenvalue weighted by Crippen LogP contribution is 2.22.